The molecular formula is C16H11F2NO. The molecule has 0 fully saturated rings. The van der Waals surface area contributed by atoms with Gasteiger partial charge in [-0.2, -0.15) is 5.26 Å². The number of halogens is 2. The Kier molecular flexibility index (Phi) is 3.11. The molecule has 0 radical (unpaired) electrons. The Balaban J connectivity index is 1.91. The summed E-state index contributed by atoms with van der Waals surface area (Å²) in [5.74, 6) is -1.16. The van der Waals surface area contributed by atoms with Crippen LogP contribution in [0.5, 0.6) is 5.75 Å². The van der Waals surface area contributed by atoms with E-state index >= 15 is 0 Å². The van der Waals surface area contributed by atoms with Crippen LogP contribution in [0.15, 0.2) is 36.4 Å². The molecule has 0 heterocycles. The van der Waals surface area contributed by atoms with Crippen molar-refractivity contribution in [1.82, 2.24) is 0 Å². The molecule has 0 N–H and O–H groups in total. The number of rotatable bonds is 2. The van der Waals surface area contributed by atoms with E-state index in [1.54, 1.807) is 12.1 Å². The van der Waals surface area contributed by atoms with E-state index in [1.807, 2.05) is 6.07 Å². The maximum absolute atomic E-state index is 13.2. The van der Waals surface area contributed by atoms with Gasteiger partial charge in [0.1, 0.15) is 23.5 Å². The molecule has 0 amide bonds. The maximum Gasteiger partial charge on any atom is 0.129 e. The van der Waals surface area contributed by atoms with Crippen molar-refractivity contribution in [2.75, 3.05) is 0 Å². The first-order valence-electron chi connectivity index (χ1n) is 6.32. The van der Waals surface area contributed by atoms with E-state index in [-0.39, 0.29) is 11.9 Å². The van der Waals surface area contributed by atoms with E-state index in [1.165, 1.54) is 0 Å². The minimum Gasteiger partial charge on any atom is -0.486 e. The third-order valence-corrected chi connectivity index (χ3v) is 3.45. The number of ether oxygens (including phenoxy) is 1. The molecule has 4 heteroatoms. The summed E-state index contributed by atoms with van der Waals surface area (Å²) >= 11 is 0. The highest BCUT2D eigenvalue weighted by Crippen LogP contribution is 2.36. The molecule has 20 heavy (non-hydrogen) atoms. The van der Waals surface area contributed by atoms with Crippen LogP contribution in [0.4, 0.5) is 8.78 Å². The highest BCUT2D eigenvalue weighted by molar-refractivity contribution is 5.46. The Morgan fingerprint density at radius 2 is 1.90 bits per heavy atom. The molecular weight excluding hydrogens is 260 g/mol. The van der Waals surface area contributed by atoms with Gasteiger partial charge in [0, 0.05) is 18.2 Å². The lowest BCUT2D eigenvalue weighted by Gasteiger charge is -2.15. The molecule has 3 rings (SSSR count). The lowest BCUT2D eigenvalue weighted by molar-refractivity contribution is 0.206. The SMILES string of the molecule is N#Cc1cccc2c1CCC2Oc1cc(F)cc(F)c1. The average Bonchev–Trinajstić information content (AvgIpc) is 2.81. The van der Waals surface area contributed by atoms with Crippen molar-refractivity contribution in [3.05, 3.63) is 64.7 Å². The van der Waals surface area contributed by atoms with Crippen molar-refractivity contribution in [1.29, 1.82) is 5.26 Å². The summed E-state index contributed by atoms with van der Waals surface area (Å²) in [5, 5.41) is 9.06. The predicted octanol–water partition coefficient (Wildman–Crippen LogP) is 3.90. The summed E-state index contributed by atoms with van der Waals surface area (Å²) in [4.78, 5) is 0. The Bertz CT molecular complexity index is 686. The smallest absolute Gasteiger partial charge is 0.129 e. The Morgan fingerprint density at radius 3 is 2.60 bits per heavy atom. The summed E-state index contributed by atoms with van der Waals surface area (Å²) in [5.41, 5.74) is 2.53. The summed E-state index contributed by atoms with van der Waals surface area (Å²) in [6.07, 6.45) is 1.17. The molecule has 0 spiro atoms. The van der Waals surface area contributed by atoms with Crippen LogP contribution in [0.25, 0.3) is 0 Å². The average molecular weight is 271 g/mol. The molecule has 1 aliphatic carbocycles. The number of benzene rings is 2. The topological polar surface area (TPSA) is 33.0 Å². The standard InChI is InChI=1S/C16H11F2NO/c17-11-6-12(18)8-13(7-11)20-16-5-4-14-10(9-19)2-1-3-15(14)16/h1-3,6-8,16H,4-5H2. The van der Waals surface area contributed by atoms with Crippen LogP contribution in [0.1, 0.15) is 29.2 Å². The van der Waals surface area contributed by atoms with Crippen molar-refractivity contribution < 1.29 is 13.5 Å². The van der Waals surface area contributed by atoms with Gasteiger partial charge in [0.05, 0.1) is 11.6 Å². The van der Waals surface area contributed by atoms with Crippen LogP contribution < -0.4 is 4.74 Å². The molecule has 0 saturated carbocycles. The summed E-state index contributed by atoms with van der Waals surface area (Å²) in [6.45, 7) is 0. The van der Waals surface area contributed by atoms with E-state index in [9.17, 15) is 8.78 Å². The molecule has 0 saturated heterocycles. The summed E-state index contributed by atoms with van der Waals surface area (Å²) in [6, 6.07) is 10.7. The zero-order chi connectivity index (χ0) is 14.1. The second-order valence-corrected chi connectivity index (χ2v) is 4.74. The van der Waals surface area contributed by atoms with Crippen LogP contribution >= 0.6 is 0 Å². The molecule has 2 aromatic rings. The lowest BCUT2D eigenvalue weighted by Crippen LogP contribution is -2.04. The van der Waals surface area contributed by atoms with Crippen LogP contribution in [-0.4, -0.2) is 0 Å². The fourth-order valence-corrected chi connectivity index (χ4v) is 2.60. The monoisotopic (exact) mass is 271 g/mol. The van der Waals surface area contributed by atoms with Crippen molar-refractivity contribution in [3.8, 4) is 11.8 Å². The number of hydrogen-bond acceptors (Lipinski definition) is 2. The second-order valence-electron chi connectivity index (χ2n) is 4.74. The van der Waals surface area contributed by atoms with E-state index in [0.717, 1.165) is 35.7 Å². The molecule has 2 aromatic carbocycles. The molecule has 0 bridgehead atoms. The van der Waals surface area contributed by atoms with Gasteiger partial charge in [-0.1, -0.05) is 12.1 Å². The summed E-state index contributed by atoms with van der Waals surface area (Å²) in [7, 11) is 0. The zero-order valence-corrected chi connectivity index (χ0v) is 10.6. The van der Waals surface area contributed by atoms with Crippen LogP contribution in [0, 0.1) is 23.0 Å². The molecule has 1 atom stereocenters. The van der Waals surface area contributed by atoms with Gasteiger partial charge in [-0.05, 0) is 30.0 Å². The van der Waals surface area contributed by atoms with Crippen LogP contribution in [-0.2, 0) is 6.42 Å². The van der Waals surface area contributed by atoms with Gasteiger partial charge in [-0.15, -0.1) is 0 Å². The predicted molar refractivity (Wildman–Crippen MR) is 69.2 cm³/mol. The number of nitriles is 1. The van der Waals surface area contributed by atoms with E-state index in [2.05, 4.69) is 6.07 Å². The minimum atomic E-state index is -0.663. The van der Waals surface area contributed by atoms with Gasteiger partial charge >= 0.3 is 0 Å². The van der Waals surface area contributed by atoms with Crippen LogP contribution in [0.3, 0.4) is 0 Å². The van der Waals surface area contributed by atoms with Crippen molar-refractivity contribution in [2.24, 2.45) is 0 Å². The third kappa shape index (κ3) is 2.23. The molecule has 1 aliphatic rings. The molecule has 0 aromatic heterocycles. The first-order chi connectivity index (χ1) is 9.67. The fraction of sp³-hybridized carbons (Fsp3) is 0.188. The molecule has 2 nitrogen and oxygen atoms in total. The van der Waals surface area contributed by atoms with Gasteiger partial charge in [0.2, 0.25) is 0 Å². The lowest BCUT2D eigenvalue weighted by atomic mass is 10.0. The highest BCUT2D eigenvalue weighted by Gasteiger charge is 2.26. The van der Waals surface area contributed by atoms with Gasteiger partial charge in [0.25, 0.3) is 0 Å². The van der Waals surface area contributed by atoms with E-state index < -0.39 is 11.6 Å². The van der Waals surface area contributed by atoms with Crippen molar-refractivity contribution in [3.63, 3.8) is 0 Å². The van der Waals surface area contributed by atoms with Gasteiger partial charge in [-0.25, -0.2) is 8.78 Å². The molecule has 1 unspecified atom stereocenters. The van der Waals surface area contributed by atoms with Crippen molar-refractivity contribution >= 4 is 0 Å². The number of nitrogens with zero attached hydrogens (tertiary/aromatic N) is 1. The third-order valence-electron chi connectivity index (χ3n) is 3.45. The number of fused-ring (bicyclic) bond motifs is 1. The largest absolute Gasteiger partial charge is 0.486 e. The quantitative estimate of drug-likeness (QED) is 0.829. The Labute approximate surface area is 115 Å². The Morgan fingerprint density at radius 1 is 1.15 bits per heavy atom. The zero-order valence-electron chi connectivity index (χ0n) is 10.6. The first-order valence-corrected chi connectivity index (χ1v) is 6.32. The Hall–Kier alpha value is -2.41. The van der Waals surface area contributed by atoms with E-state index in [0.29, 0.717) is 12.0 Å². The van der Waals surface area contributed by atoms with Crippen molar-refractivity contribution in [2.45, 2.75) is 18.9 Å². The van der Waals surface area contributed by atoms with Crippen LogP contribution in [0.2, 0.25) is 0 Å². The number of hydrogen-bond donors (Lipinski definition) is 0. The van der Waals surface area contributed by atoms with Gasteiger partial charge in [0.15, 0.2) is 0 Å². The first kappa shape index (κ1) is 12.6. The highest BCUT2D eigenvalue weighted by atomic mass is 19.1. The minimum absolute atomic E-state index is 0.169. The molecule has 100 valence electrons. The fourth-order valence-electron chi connectivity index (χ4n) is 2.60. The second kappa shape index (κ2) is 4.93. The van der Waals surface area contributed by atoms with Gasteiger partial charge < -0.3 is 4.74 Å². The summed E-state index contributed by atoms with van der Waals surface area (Å²) < 4.78 is 32.0. The van der Waals surface area contributed by atoms with E-state index in [4.69, 9.17) is 10.00 Å². The maximum atomic E-state index is 13.2. The molecule has 0 aliphatic heterocycles. The van der Waals surface area contributed by atoms with Gasteiger partial charge in [-0.3, -0.25) is 0 Å². The normalized spacial score (nSPS) is 16.6.